The first kappa shape index (κ1) is 42.6. The Morgan fingerprint density at radius 2 is 1.60 bits per heavy atom. The number of halogens is 2. The third kappa shape index (κ3) is 10.1. The molecule has 0 radical (unpaired) electrons. The molecule has 3 unspecified atom stereocenters. The lowest BCUT2D eigenvalue weighted by Crippen LogP contribution is -2.53. The first-order valence-electron chi connectivity index (χ1n) is 18.3. The summed E-state index contributed by atoms with van der Waals surface area (Å²) in [6.07, 6.45) is 3.65. The van der Waals surface area contributed by atoms with Crippen molar-refractivity contribution in [3.63, 3.8) is 0 Å². The van der Waals surface area contributed by atoms with Crippen LogP contribution in [-0.2, 0) is 30.5 Å². The van der Waals surface area contributed by atoms with Crippen LogP contribution in [0.5, 0.6) is 0 Å². The number of aromatic nitrogens is 1. The molecule has 3 aromatic carbocycles. The number of imide groups is 1. The van der Waals surface area contributed by atoms with Crippen LogP contribution in [0.1, 0.15) is 54.8 Å². The summed E-state index contributed by atoms with van der Waals surface area (Å²) in [6, 6.07) is 15.9. The van der Waals surface area contributed by atoms with E-state index in [9.17, 15) is 43.4 Å². The number of aliphatic carboxylic acids is 1. The van der Waals surface area contributed by atoms with Crippen LogP contribution in [0.3, 0.4) is 0 Å². The number of carboxylic acids is 1. The number of hydrogen-bond acceptors (Lipinski definition) is 8. The summed E-state index contributed by atoms with van der Waals surface area (Å²) in [5, 5.41) is 24.7. The number of aliphatic hydroxyl groups excluding tert-OH is 1. The van der Waals surface area contributed by atoms with Gasteiger partial charge in [0.2, 0.25) is 11.8 Å². The molecule has 304 valence electrons. The van der Waals surface area contributed by atoms with Crippen LogP contribution in [0.25, 0.3) is 11.1 Å². The molecular weight excluding hydrogens is 754 g/mol. The van der Waals surface area contributed by atoms with Gasteiger partial charge in [-0.2, -0.15) is 0 Å². The van der Waals surface area contributed by atoms with E-state index in [4.69, 9.17) is 5.73 Å². The molecule has 0 bridgehead atoms. The lowest BCUT2D eigenvalue weighted by Gasteiger charge is -2.41. The summed E-state index contributed by atoms with van der Waals surface area (Å²) in [6.45, 7) is 4.21. The molecule has 5 rings (SSSR count). The van der Waals surface area contributed by atoms with Gasteiger partial charge >= 0.3 is 5.97 Å². The van der Waals surface area contributed by atoms with Crippen LogP contribution in [0.2, 0.25) is 0 Å². The molecule has 0 aliphatic carbocycles. The largest absolute Gasteiger partial charge is 0.480 e. The van der Waals surface area contributed by atoms with Crippen molar-refractivity contribution in [2.75, 3.05) is 24.6 Å². The highest BCUT2D eigenvalue weighted by Crippen LogP contribution is 2.41. The van der Waals surface area contributed by atoms with E-state index in [1.807, 2.05) is 55.7 Å². The molecule has 1 aliphatic rings. The molecule has 0 saturated heterocycles. The summed E-state index contributed by atoms with van der Waals surface area (Å²) in [7, 11) is 0. The minimum Gasteiger partial charge on any atom is -0.480 e. The Hall–Kier alpha value is -6.52. The first-order valence-corrected chi connectivity index (χ1v) is 18.3. The Labute approximate surface area is 332 Å². The predicted molar refractivity (Wildman–Crippen MR) is 209 cm³/mol. The normalized spacial score (nSPS) is 14.2. The molecule has 0 saturated carbocycles. The third-order valence-corrected chi connectivity index (χ3v) is 9.51. The molecule has 0 fully saturated rings. The number of nitrogens with zero attached hydrogens (tertiary/aromatic N) is 3. The van der Waals surface area contributed by atoms with Crippen molar-refractivity contribution in [2.24, 2.45) is 11.1 Å². The van der Waals surface area contributed by atoms with Crippen molar-refractivity contribution in [1.29, 1.82) is 0 Å². The van der Waals surface area contributed by atoms with Gasteiger partial charge in [0.05, 0.1) is 17.8 Å². The summed E-state index contributed by atoms with van der Waals surface area (Å²) in [4.78, 5) is 78.3. The molecule has 6 N–H and O–H groups in total. The maximum Gasteiger partial charge on any atom is 0.328 e. The fraction of sp³-hybridized carbons (Fsp3) is 0.286. The van der Waals surface area contributed by atoms with Gasteiger partial charge < -0.3 is 36.0 Å². The van der Waals surface area contributed by atoms with Gasteiger partial charge in [0.15, 0.2) is 0 Å². The van der Waals surface area contributed by atoms with Gasteiger partial charge in [-0.3, -0.25) is 24.0 Å². The number of carbonyl (C=O) groups excluding carboxylic acids is 5. The fourth-order valence-corrected chi connectivity index (χ4v) is 6.73. The van der Waals surface area contributed by atoms with E-state index in [0.29, 0.717) is 11.3 Å². The summed E-state index contributed by atoms with van der Waals surface area (Å²) in [5.41, 5.74) is 7.41. The first-order chi connectivity index (χ1) is 27.5. The summed E-state index contributed by atoms with van der Waals surface area (Å²) in [5.74, 6) is -6.31. The molecule has 3 atom stereocenters. The Kier molecular flexibility index (Phi) is 13.3. The zero-order valence-electron chi connectivity index (χ0n) is 32.0. The predicted octanol–water partition coefficient (Wildman–Crippen LogP) is 3.54. The average molecular weight is 799 g/mol. The zero-order chi connectivity index (χ0) is 42.3. The standard InChI is InChI=1S/C42H44F2N6O8/c1-42(2,3)38(34-19-27(30-20-28(43)12-13-31(30)44)23-48(34)22-25-8-5-4-6-9-25)49(37(54)24-51)17-16-32(45)40(56)47-33(41(57)58)21-46-39(55)26-10-7-11-29(18-26)50-35(52)14-15-36(50)53/h4-15,18-20,23,32-33,38,51H,16-17,21-22,24,45H2,1-3H3,(H,46,55)(H,47,56)(H,57,58). The molecule has 14 nitrogen and oxygen atoms in total. The van der Waals surface area contributed by atoms with Crippen molar-refractivity contribution in [3.05, 3.63) is 126 Å². The van der Waals surface area contributed by atoms with E-state index in [1.165, 1.54) is 29.2 Å². The SMILES string of the molecule is CC(C)(C)C(c1cc(-c2cc(F)ccc2F)cn1Cc1ccccc1)N(CCC(N)C(=O)NC(CNC(=O)c1cccc(N2C(=O)C=CC2=O)c1)C(=O)O)C(=O)CO. The Bertz CT molecular complexity index is 2220. The van der Waals surface area contributed by atoms with Crippen molar-refractivity contribution < 1.29 is 47.8 Å². The molecule has 4 aromatic rings. The number of aliphatic hydroxyl groups is 1. The van der Waals surface area contributed by atoms with Gasteiger partial charge in [0.1, 0.15) is 24.3 Å². The van der Waals surface area contributed by atoms with Crippen LogP contribution < -0.4 is 21.3 Å². The molecular formula is C42H44F2N6O8. The van der Waals surface area contributed by atoms with Crippen molar-refractivity contribution in [1.82, 2.24) is 20.1 Å². The minimum absolute atomic E-state index is 0.00440. The van der Waals surface area contributed by atoms with E-state index in [-0.39, 0.29) is 36.3 Å². The second kappa shape index (κ2) is 18.2. The van der Waals surface area contributed by atoms with E-state index < -0.39 is 83.8 Å². The van der Waals surface area contributed by atoms with Crippen LogP contribution in [0.4, 0.5) is 14.5 Å². The summed E-state index contributed by atoms with van der Waals surface area (Å²) >= 11 is 0. The number of anilines is 1. The number of rotatable bonds is 16. The number of nitrogens with two attached hydrogens (primary N) is 1. The number of carboxylic acid groups (broad SMARTS) is 1. The highest BCUT2D eigenvalue weighted by atomic mass is 19.1. The lowest BCUT2D eigenvalue weighted by molar-refractivity contribution is -0.142. The van der Waals surface area contributed by atoms with Crippen LogP contribution >= 0.6 is 0 Å². The number of benzene rings is 3. The van der Waals surface area contributed by atoms with Crippen molar-refractivity contribution >= 4 is 41.2 Å². The number of nitrogens with one attached hydrogen (secondary N) is 2. The van der Waals surface area contributed by atoms with Gasteiger partial charge in [-0.05, 0) is 59.9 Å². The zero-order valence-corrected chi connectivity index (χ0v) is 32.0. The molecule has 5 amide bonds. The average Bonchev–Trinajstić information content (AvgIpc) is 3.75. The highest BCUT2D eigenvalue weighted by molar-refractivity contribution is 6.28. The van der Waals surface area contributed by atoms with E-state index in [1.54, 1.807) is 12.3 Å². The second-order valence-electron chi connectivity index (χ2n) is 14.8. The minimum atomic E-state index is -1.63. The van der Waals surface area contributed by atoms with Crippen LogP contribution in [-0.4, -0.2) is 87.0 Å². The maximum absolute atomic E-state index is 15.1. The van der Waals surface area contributed by atoms with Crippen LogP contribution in [0, 0.1) is 17.0 Å². The second-order valence-corrected chi connectivity index (χ2v) is 14.8. The smallest absolute Gasteiger partial charge is 0.328 e. The fourth-order valence-electron chi connectivity index (χ4n) is 6.73. The number of hydrogen-bond donors (Lipinski definition) is 5. The quantitative estimate of drug-likeness (QED) is 0.105. The summed E-state index contributed by atoms with van der Waals surface area (Å²) < 4.78 is 31.2. The van der Waals surface area contributed by atoms with Gasteiger partial charge in [-0.25, -0.2) is 18.5 Å². The molecule has 58 heavy (non-hydrogen) atoms. The van der Waals surface area contributed by atoms with E-state index >= 15 is 4.39 Å². The maximum atomic E-state index is 15.1. The van der Waals surface area contributed by atoms with Gasteiger partial charge in [0, 0.05) is 60.4 Å². The molecule has 1 aliphatic heterocycles. The van der Waals surface area contributed by atoms with Crippen molar-refractivity contribution in [3.8, 4) is 11.1 Å². The van der Waals surface area contributed by atoms with Crippen LogP contribution in [0.15, 0.2) is 97.2 Å². The monoisotopic (exact) mass is 798 g/mol. The van der Waals surface area contributed by atoms with Gasteiger partial charge in [0.25, 0.3) is 17.7 Å². The Morgan fingerprint density at radius 3 is 2.24 bits per heavy atom. The van der Waals surface area contributed by atoms with Gasteiger partial charge in [-0.15, -0.1) is 0 Å². The van der Waals surface area contributed by atoms with E-state index in [0.717, 1.165) is 40.8 Å². The number of amides is 5. The molecule has 1 aromatic heterocycles. The third-order valence-electron chi connectivity index (χ3n) is 9.51. The Morgan fingerprint density at radius 1 is 0.914 bits per heavy atom. The Balaban J connectivity index is 1.33. The topological polar surface area (TPSA) is 204 Å². The molecule has 0 spiro atoms. The van der Waals surface area contributed by atoms with Gasteiger partial charge in [-0.1, -0.05) is 57.2 Å². The lowest BCUT2D eigenvalue weighted by atomic mass is 9.82. The van der Waals surface area contributed by atoms with E-state index in [2.05, 4.69) is 10.6 Å². The van der Waals surface area contributed by atoms with Crippen molar-refractivity contribution in [2.45, 2.75) is 51.9 Å². The highest BCUT2D eigenvalue weighted by Gasteiger charge is 2.38. The number of carbonyl (C=O) groups is 6. The molecule has 2 heterocycles. The molecule has 16 heteroatoms.